The average Bonchev–Trinajstić information content (AvgIpc) is 3.07. The predicted octanol–water partition coefficient (Wildman–Crippen LogP) is 3.65. The maximum atomic E-state index is 11.9. The number of carbonyl (C=O) groups excluding carboxylic acids is 1. The first-order chi connectivity index (χ1) is 10.2. The lowest BCUT2D eigenvalue weighted by atomic mass is 10.2. The number of fused-ring (bicyclic) bond motifs is 1. The molecule has 0 bridgehead atoms. The molecule has 0 unspecified atom stereocenters. The summed E-state index contributed by atoms with van der Waals surface area (Å²) in [6.07, 6.45) is 1.17. The summed E-state index contributed by atoms with van der Waals surface area (Å²) >= 11 is 3.19. The third kappa shape index (κ3) is 2.76. The number of benzene rings is 1. The molecule has 0 spiro atoms. The largest absolute Gasteiger partial charge is 0.444 e. The van der Waals surface area contributed by atoms with Crippen molar-refractivity contribution in [2.24, 2.45) is 5.11 Å². The Labute approximate surface area is 128 Å². The van der Waals surface area contributed by atoms with E-state index >= 15 is 0 Å². The van der Waals surface area contributed by atoms with Gasteiger partial charge >= 0.3 is 6.09 Å². The first kappa shape index (κ1) is 14.0. The van der Waals surface area contributed by atoms with Gasteiger partial charge in [0, 0.05) is 10.6 Å². The van der Waals surface area contributed by atoms with Crippen LogP contribution in [0.25, 0.3) is 20.7 Å². The second kappa shape index (κ2) is 5.80. The number of thiazole rings is 1. The fraction of sp³-hybridized carbons (Fsp3) is 0.333. The summed E-state index contributed by atoms with van der Waals surface area (Å²) < 4.78 is 7.20. The number of carbonyl (C=O) groups is 1. The van der Waals surface area contributed by atoms with Crippen molar-refractivity contribution < 1.29 is 9.53 Å². The first-order valence-corrected chi connectivity index (χ1v) is 8.19. The minimum absolute atomic E-state index is 0.151. The van der Waals surface area contributed by atoms with Crippen molar-refractivity contribution in [1.29, 1.82) is 0 Å². The van der Waals surface area contributed by atoms with Crippen LogP contribution < -0.4 is 4.90 Å². The van der Waals surface area contributed by atoms with Crippen molar-refractivity contribution in [2.75, 3.05) is 24.2 Å². The number of ether oxygens (including phenoxy) is 1. The quantitative estimate of drug-likeness (QED) is 0.372. The SMILES string of the molecule is CSc1nc2ccc(N3C[C@H](CN=[N+]=[N-])OC3=O)cc2s1. The van der Waals surface area contributed by atoms with Gasteiger partial charge in [-0.1, -0.05) is 16.9 Å². The van der Waals surface area contributed by atoms with E-state index in [2.05, 4.69) is 15.0 Å². The number of thioether (sulfide) groups is 1. The number of aromatic nitrogens is 1. The van der Waals surface area contributed by atoms with Crippen molar-refractivity contribution in [2.45, 2.75) is 10.4 Å². The van der Waals surface area contributed by atoms with Crippen LogP contribution in [0.15, 0.2) is 27.7 Å². The van der Waals surface area contributed by atoms with Crippen LogP contribution in [0.4, 0.5) is 10.5 Å². The Morgan fingerprint density at radius 1 is 1.67 bits per heavy atom. The van der Waals surface area contributed by atoms with Crippen molar-refractivity contribution in [3.05, 3.63) is 28.6 Å². The van der Waals surface area contributed by atoms with Crippen molar-refractivity contribution in [3.8, 4) is 0 Å². The van der Waals surface area contributed by atoms with Crippen LogP contribution in [0.3, 0.4) is 0 Å². The van der Waals surface area contributed by atoms with E-state index in [-0.39, 0.29) is 6.54 Å². The highest BCUT2D eigenvalue weighted by molar-refractivity contribution is 8.00. The van der Waals surface area contributed by atoms with Crippen LogP contribution in [-0.4, -0.2) is 36.5 Å². The summed E-state index contributed by atoms with van der Waals surface area (Å²) in [6, 6.07) is 5.68. The number of amides is 1. The lowest BCUT2D eigenvalue weighted by Crippen LogP contribution is -2.24. The molecule has 0 aliphatic carbocycles. The topological polar surface area (TPSA) is 91.2 Å². The summed E-state index contributed by atoms with van der Waals surface area (Å²) in [7, 11) is 0. The molecule has 1 amide bonds. The molecular formula is C12H11N5O2S2. The van der Waals surface area contributed by atoms with Gasteiger partial charge in [0.1, 0.15) is 6.10 Å². The summed E-state index contributed by atoms with van der Waals surface area (Å²) in [5, 5.41) is 3.45. The van der Waals surface area contributed by atoms with Gasteiger partial charge in [-0.3, -0.25) is 4.90 Å². The minimum Gasteiger partial charge on any atom is -0.444 e. The average molecular weight is 321 g/mol. The van der Waals surface area contributed by atoms with Crippen LogP contribution >= 0.6 is 23.1 Å². The van der Waals surface area contributed by atoms with Crippen LogP contribution in [0.1, 0.15) is 0 Å². The molecule has 1 aliphatic heterocycles. The highest BCUT2D eigenvalue weighted by Gasteiger charge is 2.32. The Balaban J connectivity index is 1.86. The highest BCUT2D eigenvalue weighted by Crippen LogP contribution is 2.32. The molecule has 0 N–H and O–H groups in total. The van der Waals surface area contributed by atoms with E-state index in [1.165, 1.54) is 0 Å². The fourth-order valence-corrected chi connectivity index (χ4v) is 3.62. The summed E-state index contributed by atoms with van der Waals surface area (Å²) in [4.78, 5) is 20.6. The number of anilines is 1. The third-order valence-corrected chi connectivity index (χ3v) is 5.06. The van der Waals surface area contributed by atoms with E-state index in [1.807, 2.05) is 24.5 Å². The van der Waals surface area contributed by atoms with Gasteiger partial charge in [-0.05, 0) is 30.0 Å². The number of azide groups is 1. The minimum atomic E-state index is -0.415. The zero-order chi connectivity index (χ0) is 14.8. The van der Waals surface area contributed by atoms with E-state index in [0.717, 1.165) is 20.2 Å². The molecule has 1 fully saturated rings. The Bertz CT molecular complexity index is 740. The third-order valence-electron chi connectivity index (χ3n) is 3.06. The molecule has 1 aromatic carbocycles. The molecule has 3 rings (SSSR count). The second-order valence-corrected chi connectivity index (χ2v) is 6.45. The van der Waals surface area contributed by atoms with Gasteiger partial charge in [-0.25, -0.2) is 9.78 Å². The van der Waals surface area contributed by atoms with Crippen LogP contribution in [0.2, 0.25) is 0 Å². The lowest BCUT2D eigenvalue weighted by Gasteiger charge is -2.12. The smallest absolute Gasteiger partial charge is 0.414 e. The van der Waals surface area contributed by atoms with Gasteiger partial charge in [0.15, 0.2) is 4.34 Å². The van der Waals surface area contributed by atoms with Crippen molar-refractivity contribution >= 4 is 45.1 Å². The van der Waals surface area contributed by atoms with E-state index in [4.69, 9.17) is 10.3 Å². The molecule has 1 saturated heterocycles. The monoisotopic (exact) mass is 321 g/mol. The number of cyclic esters (lactones) is 1. The van der Waals surface area contributed by atoms with Gasteiger partial charge in [0.2, 0.25) is 0 Å². The van der Waals surface area contributed by atoms with E-state index in [0.29, 0.717) is 6.54 Å². The number of hydrogen-bond donors (Lipinski definition) is 0. The standard InChI is InChI=1S/C12H11N5O2S2/c1-20-11-15-9-3-2-7(4-10(9)21-11)17-6-8(5-14-16-13)19-12(17)18/h2-4,8H,5-6H2,1H3/t8-/m0/s1. The zero-order valence-electron chi connectivity index (χ0n) is 11.1. The van der Waals surface area contributed by atoms with Gasteiger partial charge in [-0.15, -0.1) is 11.3 Å². The van der Waals surface area contributed by atoms with Gasteiger partial charge in [0.25, 0.3) is 0 Å². The van der Waals surface area contributed by atoms with Crippen molar-refractivity contribution in [1.82, 2.24) is 4.98 Å². The van der Waals surface area contributed by atoms with Crippen molar-refractivity contribution in [3.63, 3.8) is 0 Å². The molecule has 1 aliphatic rings. The highest BCUT2D eigenvalue weighted by atomic mass is 32.2. The summed E-state index contributed by atoms with van der Waals surface area (Å²) in [5.74, 6) is 0. The van der Waals surface area contributed by atoms with Crippen LogP contribution in [0, 0.1) is 0 Å². The lowest BCUT2D eigenvalue weighted by molar-refractivity contribution is 0.145. The molecule has 0 radical (unpaired) electrons. The normalized spacial score (nSPS) is 17.9. The Hall–Kier alpha value is -1.96. The molecule has 0 saturated carbocycles. The van der Waals surface area contributed by atoms with Crippen LogP contribution in [0.5, 0.6) is 0 Å². The van der Waals surface area contributed by atoms with Gasteiger partial charge < -0.3 is 4.74 Å². The molecule has 9 heteroatoms. The molecule has 1 atom stereocenters. The molecular weight excluding hydrogens is 310 g/mol. The fourth-order valence-electron chi connectivity index (χ4n) is 2.10. The Morgan fingerprint density at radius 2 is 2.52 bits per heavy atom. The van der Waals surface area contributed by atoms with Crippen LogP contribution in [-0.2, 0) is 4.74 Å². The first-order valence-electron chi connectivity index (χ1n) is 6.15. The van der Waals surface area contributed by atoms with E-state index in [1.54, 1.807) is 28.0 Å². The molecule has 2 aromatic rings. The molecule has 2 heterocycles. The van der Waals surface area contributed by atoms with E-state index < -0.39 is 12.2 Å². The number of hydrogen-bond acceptors (Lipinski definition) is 6. The molecule has 1 aromatic heterocycles. The van der Waals surface area contributed by atoms with Gasteiger partial charge in [0.05, 0.1) is 23.3 Å². The summed E-state index contributed by atoms with van der Waals surface area (Å²) in [5.41, 5.74) is 10.0. The number of nitrogens with zero attached hydrogens (tertiary/aromatic N) is 5. The van der Waals surface area contributed by atoms with Gasteiger partial charge in [-0.2, -0.15) is 0 Å². The molecule has 21 heavy (non-hydrogen) atoms. The Kier molecular flexibility index (Phi) is 3.87. The predicted molar refractivity (Wildman–Crippen MR) is 83.0 cm³/mol. The molecule has 7 nitrogen and oxygen atoms in total. The zero-order valence-corrected chi connectivity index (χ0v) is 12.7. The maximum absolute atomic E-state index is 11.9. The second-order valence-electron chi connectivity index (χ2n) is 4.37. The van der Waals surface area contributed by atoms with E-state index in [9.17, 15) is 4.79 Å². The maximum Gasteiger partial charge on any atom is 0.414 e. The Morgan fingerprint density at radius 3 is 3.29 bits per heavy atom. The summed E-state index contributed by atoms with van der Waals surface area (Å²) in [6.45, 7) is 0.537. The number of rotatable bonds is 4. The molecule has 108 valence electrons.